The zero-order valence-electron chi connectivity index (χ0n) is 21.7. The summed E-state index contributed by atoms with van der Waals surface area (Å²) in [7, 11) is 0. The number of ether oxygens (including phenoxy) is 5. The average molecular weight is 583 g/mol. The van der Waals surface area contributed by atoms with E-state index in [0.717, 1.165) is 38.6 Å². The van der Waals surface area contributed by atoms with E-state index in [0.29, 0.717) is 34.0 Å². The number of hydrogen-bond acceptors (Lipinski definition) is 8. The van der Waals surface area contributed by atoms with Gasteiger partial charge in [0.05, 0.1) is 28.8 Å². The van der Waals surface area contributed by atoms with Gasteiger partial charge in [0, 0.05) is 37.3 Å². The number of rotatable bonds is 11. The number of carbonyl (C=O) groups is 1. The Hall–Kier alpha value is -3.56. The third-order valence-corrected chi connectivity index (χ3v) is 6.74. The Bertz CT molecular complexity index is 1460. The van der Waals surface area contributed by atoms with E-state index in [9.17, 15) is 4.79 Å². The number of para-hydroxylation sites is 2. The molecule has 0 unspecified atom stereocenters. The molecule has 0 saturated carbocycles. The Labute approximate surface area is 242 Å². The van der Waals surface area contributed by atoms with Crippen LogP contribution in [0.4, 0.5) is 0 Å². The molecule has 2 heterocycles. The minimum atomic E-state index is -0.650. The minimum absolute atomic E-state index is 0.154. The van der Waals surface area contributed by atoms with E-state index in [1.54, 1.807) is 42.5 Å². The summed E-state index contributed by atoms with van der Waals surface area (Å²) in [6.07, 6.45) is 1.46. The van der Waals surface area contributed by atoms with Crippen molar-refractivity contribution in [3.63, 3.8) is 0 Å². The van der Waals surface area contributed by atoms with Crippen molar-refractivity contribution >= 4 is 40.1 Å². The van der Waals surface area contributed by atoms with Crippen LogP contribution in [0.15, 0.2) is 72.9 Å². The molecule has 1 aliphatic rings. The van der Waals surface area contributed by atoms with Crippen LogP contribution in [-0.2, 0) is 4.74 Å². The van der Waals surface area contributed by atoms with Crippen molar-refractivity contribution in [3.05, 3.63) is 88.5 Å². The number of pyridine rings is 1. The van der Waals surface area contributed by atoms with Crippen molar-refractivity contribution in [3.8, 4) is 23.0 Å². The molecule has 0 spiro atoms. The summed E-state index contributed by atoms with van der Waals surface area (Å²) >= 11 is 12.4. The summed E-state index contributed by atoms with van der Waals surface area (Å²) in [5, 5.41) is 1.36. The number of carbonyl (C=O) groups excluding carboxylic acids is 1. The van der Waals surface area contributed by atoms with Gasteiger partial charge in [-0.1, -0.05) is 47.5 Å². The summed E-state index contributed by atoms with van der Waals surface area (Å²) in [5.41, 5.74) is 0.557. The van der Waals surface area contributed by atoms with E-state index in [-0.39, 0.29) is 29.5 Å². The van der Waals surface area contributed by atoms with Gasteiger partial charge in [0.15, 0.2) is 11.5 Å². The summed E-state index contributed by atoms with van der Waals surface area (Å²) in [5.74, 6) is 1.42. The van der Waals surface area contributed by atoms with Crippen molar-refractivity contribution in [1.82, 2.24) is 9.88 Å². The molecular formula is C30H28Cl2N2O6. The number of morpholine rings is 1. The second kappa shape index (κ2) is 13.7. The first kappa shape index (κ1) is 28.0. The summed E-state index contributed by atoms with van der Waals surface area (Å²) in [4.78, 5) is 19.7. The van der Waals surface area contributed by atoms with Crippen LogP contribution in [0.3, 0.4) is 0 Å². The highest BCUT2D eigenvalue weighted by molar-refractivity contribution is 6.35. The van der Waals surface area contributed by atoms with Gasteiger partial charge in [-0.15, -0.1) is 0 Å². The smallest absolute Gasteiger partial charge is 0.347 e. The molecule has 4 aromatic rings. The fraction of sp³-hybridized carbons (Fsp3) is 0.267. The third-order valence-electron chi connectivity index (χ3n) is 6.22. The maximum absolute atomic E-state index is 13.1. The first-order valence-electron chi connectivity index (χ1n) is 12.9. The van der Waals surface area contributed by atoms with Crippen LogP contribution in [0.1, 0.15) is 10.4 Å². The molecule has 8 nitrogen and oxygen atoms in total. The first-order valence-corrected chi connectivity index (χ1v) is 13.7. The molecule has 1 fully saturated rings. The van der Waals surface area contributed by atoms with Crippen LogP contribution < -0.4 is 18.9 Å². The van der Waals surface area contributed by atoms with Crippen LogP contribution in [-0.4, -0.2) is 68.5 Å². The molecule has 0 atom stereocenters. The van der Waals surface area contributed by atoms with E-state index >= 15 is 0 Å². The van der Waals surface area contributed by atoms with Crippen molar-refractivity contribution in [1.29, 1.82) is 0 Å². The molecular weight excluding hydrogens is 555 g/mol. The normalized spacial score (nSPS) is 13.7. The Morgan fingerprint density at radius 1 is 0.850 bits per heavy atom. The van der Waals surface area contributed by atoms with Crippen LogP contribution in [0.25, 0.3) is 10.9 Å². The van der Waals surface area contributed by atoms with E-state index < -0.39 is 5.97 Å². The number of aromatic nitrogens is 1. The minimum Gasteiger partial charge on any atom is -0.492 e. The van der Waals surface area contributed by atoms with Crippen molar-refractivity contribution < 1.29 is 28.5 Å². The summed E-state index contributed by atoms with van der Waals surface area (Å²) < 4.78 is 28.7. The number of hydrogen-bond donors (Lipinski definition) is 0. The molecule has 1 aliphatic heterocycles. The molecule has 0 bridgehead atoms. The zero-order chi connectivity index (χ0) is 27.7. The fourth-order valence-corrected chi connectivity index (χ4v) is 4.63. The van der Waals surface area contributed by atoms with Gasteiger partial charge in [-0.05, 0) is 36.4 Å². The van der Waals surface area contributed by atoms with E-state index in [2.05, 4.69) is 9.88 Å². The zero-order valence-corrected chi connectivity index (χ0v) is 23.2. The van der Waals surface area contributed by atoms with Gasteiger partial charge in [-0.2, -0.15) is 0 Å². The Morgan fingerprint density at radius 2 is 1.57 bits per heavy atom. The van der Waals surface area contributed by atoms with E-state index in [1.807, 2.05) is 24.3 Å². The van der Waals surface area contributed by atoms with Gasteiger partial charge in [-0.3, -0.25) is 9.88 Å². The van der Waals surface area contributed by atoms with Crippen LogP contribution in [0, 0.1) is 0 Å². The van der Waals surface area contributed by atoms with Gasteiger partial charge < -0.3 is 23.7 Å². The van der Waals surface area contributed by atoms with Gasteiger partial charge in [0.1, 0.15) is 36.9 Å². The monoisotopic (exact) mass is 582 g/mol. The SMILES string of the molecule is O=C(Oc1ccccc1OCCOc1cccc(OCCN2CCOCC2)c1)c1c(Cl)ccc2cc(Cl)cnc12. The van der Waals surface area contributed by atoms with Gasteiger partial charge in [0.25, 0.3) is 0 Å². The van der Waals surface area contributed by atoms with Crippen molar-refractivity contribution in [2.75, 3.05) is 52.7 Å². The molecule has 40 heavy (non-hydrogen) atoms. The predicted molar refractivity (Wildman–Crippen MR) is 153 cm³/mol. The van der Waals surface area contributed by atoms with Crippen molar-refractivity contribution in [2.24, 2.45) is 0 Å². The van der Waals surface area contributed by atoms with Crippen LogP contribution in [0.5, 0.6) is 23.0 Å². The number of halogens is 2. The third kappa shape index (κ3) is 7.34. The lowest BCUT2D eigenvalue weighted by Crippen LogP contribution is -2.38. The molecule has 0 amide bonds. The van der Waals surface area contributed by atoms with Crippen LogP contribution in [0.2, 0.25) is 10.0 Å². The van der Waals surface area contributed by atoms with E-state index in [4.69, 9.17) is 46.9 Å². The summed E-state index contributed by atoms with van der Waals surface area (Å²) in [6, 6.07) is 19.5. The number of esters is 1. The molecule has 208 valence electrons. The fourth-order valence-electron chi connectivity index (χ4n) is 4.23. The maximum Gasteiger partial charge on any atom is 0.347 e. The second-order valence-corrected chi connectivity index (χ2v) is 9.80. The molecule has 10 heteroatoms. The van der Waals surface area contributed by atoms with E-state index in [1.165, 1.54) is 6.20 Å². The molecule has 1 saturated heterocycles. The number of benzene rings is 3. The molecule has 3 aromatic carbocycles. The Balaban J connectivity index is 1.14. The molecule has 0 aliphatic carbocycles. The Kier molecular flexibility index (Phi) is 9.57. The number of nitrogens with zero attached hydrogens (tertiary/aromatic N) is 2. The Morgan fingerprint density at radius 3 is 2.38 bits per heavy atom. The lowest BCUT2D eigenvalue weighted by atomic mass is 10.1. The highest BCUT2D eigenvalue weighted by Gasteiger charge is 2.20. The van der Waals surface area contributed by atoms with Crippen LogP contribution >= 0.6 is 23.2 Å². The van der Waals surface area contributed by atoms with Gasteiger partial charge >= 0.3 is 5.97 Å². The standard InChI is InChI=1S/C30H28Cl2N2O6/c31-22-18-21-8-9-25(32)28(29(21)33-20-22)30(35)40-27-7-2-1-6-26(27)39-17-16-38-24-5-3-4-23(19-24)37-15-12-34-10-13-36-14-11-34/h1-9,18-20H,10-17H2. The quantitative estimate of drug-likeness (QED) is 0.122. The largest absolute Gasteiger partial charge is 0.492 e. The predicted octanol–water partition coefficient (Wildman–Crippen LogP) is 5.93. The molecule has 1 aromatic heterocycles. The lowest BCUT2D eigenvalue weighted by Gasteiger charge is -2.26. The summed E-state index contributed by atoms with van der Waals surface area (Å²) in [6.45, 7) is 5.34. The number of fused-ring (bicyclic) bond motifs is 1. The highest BCUT2D eigenvalue weighted by atomic mass is 35.5. The molecule has 0 N–H and O–H groups in total. The molecule has 5 rings (SSSR count). The lowest BCUT2D eigenvalue weighted by molar-refractivity contribution is 0.0322. The average Bonchev–Trinajstić information content (AvgIpc) is 2.97. The molecule has 0 radical (unpaired) electrons. The van der Waals surface area contributed by atoms with Crippen molar-refractivity contribution in [2.45, 2.75) is 0 Å². The van der Waals surface area contributed by atoms with Gasteiger partial charge in [-0.25, -0.2) is 4.79 Å². The topological polar surface area (TPSA) is 79.4 Å². The van der Waals surface area contributed by atoms with Gasteiger partial charge in [0.2, 0.25) is 0 Å². The maximum atomic E-state index is 13.1. The first-order chi connectivity index (χ1) is 19.6. The highest BCUT2D eigenvalue weighted by Crippen LogP contribution is 2.31. The second-order valence-electron chi connectivity index (χ2n) is 8.96.